The third kappa shape index (κ3) is 3.63. The van der Waals surface area contributed by atoms with Crippen LogP contribution in [0.3, 0.4) is 0 Å². The molecule has 1 unspecified atom stereocenters. The van der Waals surface area contributed by atoms with Gasteiger partial charge in [0.2, 0.25) is 0 Å². The fraction of sp³-hybridized carbons (Fsp3) is 0.211. The fourth-order valence-electron chi connectivity index (χ4n) is 3.11. The standard InChI is InChI=1S/C19H20N4O2S/c24-19(22-16-6-7-18-14(12-16)8-9-20-18)21-15-4-3-5-17(13-15)26(25)23-10-1-2-11-23/h3-9,12-13,20H,1-2,10-11H2,(H2,21,22,24). The van der Waals surface area contributed by atoms with Gasteiger partial charge in [0.05, 0.1) is 4.90 Å². The number of anilines is 2. The van der Waals surface area contributed by atoms with Gasteiger partial charge < -0.3 is 15.6 Å². The lowest BCUT2D eigenvalue weighted by Gasteiger charge is -2.14. The van der Waals surface area contributed by atoms with Crippen molar-refractivity contribution in [3.63, 3.8) is 0 Å². The fourth-order valence-corrected chi connectivity index (χ4v) is 4.42. The summed E-state index contributed by atoms with van der Waals surface area (Å²) in [5.41, 5.74) is 2.36. The largest absolute Gasteiger partial charge is 0.361 e. The highest BCUT2D eigenvalue weighted by atomic mass is 32.2. The average molecular weight is 368 g/mol. The number of carbonyl (C=O) groups is 1. The molecule has 1 aliphatic rings. The van der Waals surface area contributed by atoms with Gasteiger partial charge in [-0.15, -0.1) is 0 Å². The number of aromatic amines is 1. The molecule has 6 nitrogen and oxygen atoms in total. The van der Waals surface area contributed by atoms with Crippen molar-refractivity contribution in [1.82, 2.24) is 9.29 Å². The monoisotopic (exact) mass is 368 g/mol. The third-order valence-electron chi connectivity index (χ3n) is 4.40. The highest BCUT2D eigenvalue weighted by Crippen LogP contribution is 2.21. The van der Waals surface area contributed by atoms with Gasteiger partial charge in [-0.25, -0.2) is 13.3 Å². The lowest BCUT2D eigenvalue weighted by atomic mass is 10.2. The molecule has 0 saturated carbocycles. The van der Waals surface area contributed by atoms with E-state index in [2.05, 4.69) is 15.6 Å². The van der Waals surface area contributed by atoms with Crippen LogP contribution in [-0.4, -0.2) is 32.6 Å². The Hall–Kier alpha value is -2.64. The van der Waals surface area contributed by atoms with E-state index in [1.54, 1.807) is 12.1 Å². The van der Waals surface area contributed by atoms with Crippen molar-refractivity contribution < 1.29 is 9.00 Å². The zero-order valence-corrected chi connectivity index (χ0v) is 15.0. The van der Waals surface area contributed by atoms with Crippen LogP contribution in [0.4, 0.5) is 16.2 Å². The van der Waals surface area contributed by atoms with Crippen molar-refractivity contribution >= 4 is 39.3 Å². The number of hydrogen-bond acceptors (Lipinski definition) is 2. The molecule has 0 spiro atoms. The van der Waals surface area contributed by atoms with Gasteiger partial charge >= 0.3 is 6.03 Å². The zero-order valence-electron chi connectivity index (χ0n) is 14.2. The van der Waals surface area contributed by atoms with E-state index in [1.165, 1.54) is 0 Å². The second-order valence-electron chi connectivity index (χ2n) is 6.27. The molecule has 1 atom stereocenters. The number of aromatic nitrogens is 1. The Balaban J connectivity index is 1.43. The summed E-state index contributed by atoms with van der Waals surface area (Å²) in [6.07, 6.45) is 4.02. The molecule has 4 rings (SSSR count). The van der Waals surface area contributed by atoms with Crippen molar-refractivity contribution in [3.8, 4) is 0 Å². The molecular weight excluding hydrogens is 348 g/mol. The smallest absolute Gasteiger partial charge is 0.323 e. The summed E-state index contributed by atoms with van der Waals surface area (Å²) in [5, 5.41) is 6.67. The molecule has 134 valence electrons. The molecule has 2 heterocycles. The van der Waals surface area contributed by atoms with Crippen LogP contribution in [0.25, 0.3) is 10.9 Å². The van der Waals surface area contributed by atoms with E-state index in [0.29, 0.717) is 16.3 Å². The number of urea groups is 1. The van der Waals surface area contributed by atoms with Gasteiger partial charge in [0, 0.05) is 41.6 Å². The Kier molecular flexibility index (Phi) is 4.73. The van der Waals surface area contributed by atoms with E-state index < -0.39 is 11.0 Å². The predicted octanol–water partition coefficient (Wildman–Crippen LogP) is 3.93. The number of hydrogen-bond donors (Lipinski definition) is 3. The summed E-state index contributed by atoms with van der Waals surface area (Å²) < 4.78 is 14.5. The SMILES string of the molecule is O=C(Nc1cccc(S(=O)N2CCCC2)c1)Nc1ccc2[nH]ccc2c1. The van der Waals surface area contributed by atoms with Gasteiger partial charge in [-0.05, 0) is 55.3 Å². The first-order valence-electron chi connectivity index (χ1n) is 8.61. The van der Waals surface area contributed by atoms with Gasteiger partial charge in [0.1, 0.15) is 11.0 Å². The van der Waals surface area contributed by atoms with E-state index in [4.69, 9.17) is 0 Å². The summed E-state index contributed by atoms with van der Waals surface area (Å²) in [6.45, 7) is 1.71. The number of benzene rings is 2. The Morgan fingerprint density at radius 2 is 1.77 bits per heavy atom. The average Bonchev–Trinajstić information content (AvgIpc) is 3.32. The van der Waals surface area contributed by atoms with Crippen molar-refractivity contribution in [3.05, 3.63) is 54.7 Å². The predicted molar refractivity (Wildman–Crippen MR) is 105 cm³/mol. The van der Waals surface area contributed by atoms with E-state index in [1.807, 2.05) is 46.9 Å². The van der Waals surface area contributed by atoms with E-state index in [0.717, 1.165) is 36.8 Å². The minimum Gasteiger partial charge on any atom is -0.361 e. The first kappa shape index (κ1) is 16.8. The third-order valence-corrected chi connectivity index (χ3v) is 5.90. The number of fused-ring (bicyclic) bond motifs is 1. The molecule has 26 heavy (non-hydrogen) atoms. The second kappa shape index (κ2) is 7.31. The quantitative estimate of drug-likeness (QED) is 0.652. The van der Waals surface area contributed by atoms with Gasteiger partial charge in [0.25, 0.3) is 0 Å². The summed E-state index contributed by atoms with van der Waals surface area (Å²) in [5.74, 6) is 0. The van der Waals surface area contributed by atoms with E-state index in [9.17, 15) is 9.00 Å². The molecule has 2 amide bonds. The molecule has 1 fully saturated rings. The van der Waals surface area contributed by atoms with Gasteiger partial charge in [-0.1, -0.05) is 6.07 Å². The minimum absolute atomic E-state index is 0.330. The Labute approximate surface area is 154 Å². The van der Waals surface area contributed by atoms with Crippen LogP contribution in [0.15, 0.2) is 59.6 Å². The number of nitrogens with one attached hydrogen (secondary N) is 3. The highest BCUT2D eigenvalue weighted by Gasteiger charge is 2.19. The van der Waals surface area contributed by atoms with Gasteiger partial charge in [-0.2, -0.15) is 0 Å². The molecule has 0 bridgehead atoms. The summed E-state index contributed by atoms with van der Waals surface area (Å²) in [6, 6.07) is 14.5. The van der Waals surface area contributed by atoms with Gasteiger partial charge in [0.15, 0.2) is 0 Å². The van der Waals surface area contributed by atoms with Crippen molar-refractivity contribution in [1.29, 1.82) is 0 Å². The Morgan fingerprint density at radius 1 is 1.00 bits per heavy atom. The van der Waals surface area contributed by atoms with Crippen molar-refractivity contribution in [2.75, 3.05) is 23.7 Å². The Bertz CT molecular complexity index is 963. The van der Waals surface area contributed by atoms with E-state index >= 15 is 0 Å². The van der Waals surface area contributed by atoms with Crippen LogP contribution in [-0.2, 0) is 11.0 Å². The maximum atomic E-state index is 12.6. The number of amides is 2. The maximum absolute atomic E-state index is 12.6. The molecule has 1 aromatic heterocycles. The molecule has 3 aromatic rings. The first-order chi connectivity index (χ1) is 12.7. The number of H-pyrrole nitrogens is 1. The molecule has 2 aromatic carbocycles. The van der Waals surface area contributed by atoms with Crippen molar-refractivity contribution in [2.24, 2.45) is 0 Å². The van der Waals surface area contributed by atoms with Gasteiger partial charge in [-0.3, -0.25) is 0 Å². The molecule has 7 heteroatoms. The molecule has 1 saturated heterocycles. The number of rotatable bonds is 4. The molecule has 0 radical (unpaired) electrons. The topological polar surface area (TPSA) is 77.2 Å². The normalized spacial score (nSPS) is 15.8. The summed E-state index contributed by atoms with van der Waals surface area (Å²) >= 11 is 0. The number of carbonyl (C=O) groups excluding carboxylic acids is 1. The molecule has 0 aliphatic carbocycles. The lowest BCUT2D eigenvalue weighted by Crippen LogP contribution is -2.22. The Morgan fingerprint density at radius 3 is 2.58 bits per heavy atom. The number of nitrogens with zero attached hydrogens (tertiary/aromatic N) is 1. The highest BCUT2D eigenvalue weighted by molar-refractivity contribution is 7.82. The minimum atomic E-state index is -1.17. The molecule has 3 N–H and O–H groups in total. The maximum Gasteiger partial charge on any atom is 0.323 e. The summed E-state index contributed by atoms with van der Waals surface area (Å²) in [4.78, 5) is 16.1. The second-order valence-corrected chi connectivity index (χ2v) is 7.76. The first-order valence-corrected chi connectivity index (χ1v) is 9.72. The zero-order chi connectivity index (χ0) is 17.9. The van der Waals surface area contributed by atoms with E-state index in [-0.39, 0.29) is 6.03 Å². The molecular formula is C19H20N4O2S. The van der Waals surface area contributed by atoms with Crippen LogP contribution in [0, 0.1) is 0 Å². The van der Waals surface area contributed by atoms with Crippen LogP contribution >= 0.6 is 0 Å². The molecule has 1 aliphatic heterocycles. The lowest BCUT2D eigenvalue weighted by molar-refractivity contribution is 0.262. The summed E-state index contributed by atoms with van der Waals surface area (Å²) in [7, 11) is -1.17. The van der Waals surface area contributed by atoms with Crippen LogP contribution in [0.1, 0.15) is 12.8 Å². The van der Waals surface area contributed by atoms with Crippen LogP contribution in [0.2, 0.25) is 0 Å². The van der Waals surface area contributed by atoms with Crippen molar-refractivity contribution in [2.45, 2.75) is 17.7 Å². The van der Waals surface area contributed by atoms with Crippen LogP contribution < -0.4 is 10.6 Å². The van der Waals surface area contributed by atoms with Crippen LogP contribution in [0.5, 0.6) is 0 Å².